The average molecular weight is 250 g/mol. The molecule has 1 aromatic rings. The largest absolute Gasteiger partial charge is 0.370 e. The molecule has 0 atom stereocenters. The number of nitrogens with zero attached hydrogens (tertiary/aromatic N) is 2. The van der Waals surface area contributed by atoms with Crippen LogP contribution < -0.4 is 16.0 Å². The van der Waals surface area contributed by atoms with Crippen molar-refractivity contribution in [1.82, 2.24) is 4.98 Å². The summed E-state index contributed by atoms with van der Waals surface area (Å²) in [7, 11) is 0. The molecule has 0 fully saturated rings. The Balaban J connectivity index is 2.81. The molecule has 1 rings (SSSR count). The summed E-state index contributed by atoms with van der Waals surface area (Å²) in [5, 5.41) is 3.16. The lowest BCUT2D eigenvalue weighted by Crippen LogP contribution is -2.35. The van der Waals surface area contributed by atoms with Crippen molar-refractivity contribution in [3.05, 3.63) is 18.2 Å². The van der Waals surface area contributed by atoms with Crippen LogP contribution in [0.4, 0.5) is 11.6 Å². The molecule has 1 amide bonds. The lowest BCUT2D eigenvalue weighted by Gasteiger charge is -2.22. The molecule has 3 N–H and O–H groups in total. The van der Waals surface area contributed by atoms with Gasteiger partial charge < -0.3 is 16.0 Å². The van der Waals surface area contributed by atoms with Crippen LogP contribution in [0.3, 0.4) is 0 Å². The Morgan fingerprint density at radius 3 is 2.83 bits per heavy atom. The third-order valence-electron chi connectivity index (χ3n) is 2.54. The summed E-state index contributed by atoms with van der Waals surface area (Å²) in [4.78, 5) is 17.5. The number of pyridine rings is 1. The number of rotatable bonds is 8. The van der Waals surface area contributed by atoms with E-state index < -0.39 is 0 Å². The fraction of sp³-hybridized carbons (Fsp3) is 0.538. The molecule has 0 aliphatic heterocycles. The van der Waals surface area contributed by atoms with Crippen molar-refractivity contribution >= 4 is 17.5 Å². The van der Waals surface area contributed by atoms with Gasteiger partial charge in [0.25, 0.3) is 0 Å². The number of hydrogen-bond acceptors (Lipinski definition) is 4. The van der Waals surface area contributed by atoms with Crippen LogP contribution in [0.25, 0.3) is 0 Å². The minimum Gasteiger partial charge on any atom is -0.370 e. The van der Waals surface area contributed by atoms with Gasteiger partial charge in [0.2, 0.25) is 5.91 Å². The van der Waals surface area contributed by atoms with Crippen molar-refractivity contribution in [3.63, 3.8) is 0 Å². The van der Waals surface area contributed by atoms with E-state index in [4.69, 9.17) is 5.73 Å². The van der Waals surface area contributed by atoms with Gasteiger partial charge in [-0.2, -0.15) is 0 Å². The maximum absolute atomic E-state index is 11.1. The van der Waals surface area contributed by atoms with Gasteiger partial charge in [-0.15, -0.1) is 0 Å². The Kier molecular flexibility index (Phi) is 5.97. The van der Waals surface area contributed by atoms with E-state index >= 15 is 0 Å². The number of nitrogens with two attached hydrogens (primary N) is 1. The number of aromatic nitrogens is 1. The minimum absolute atomic E-state index is 0.211. The van der Waals surface area contributed by atoms with Gasteiger partial charge in [-0.3, -0.25) is 4.79 Å². The second kappa shape index (κ2) is 7.53. The molecule has 0 saturated carbocycles. The molecule has 0 saturated heterocycles. The van der Waals surface area contributed by atoms with Gasteiger partial charge in [-0.05, 0) is 25.5 Å². The summed E-state index contributed by atoms with van der Waals surface area (Å²) in [6.45, 7) is 5.96. The van der Waals surface area contributed by atoms with Crippen molar-refractivity contribution < 1.29 is 4.79 Å². The van der Waals surface area contributed by atoms with E-state index in [0.717, 1.165) is 37.6 Å². The van der Waals surface area contributed by atoms with Crippen LogP contribution in [0.2, 0.25) is 0 Å². The van der Waals surface area contributed by atoms with Crippen molar-refractivity contribution in [3.8, 4) is 0 Å². The highest BCUT2D eigenvalue weighted by molar-refractivity contribution is 5.79. The van der Waals surface area contributed by atoms with Crippen LogP contribution in [0.15, 0.2) is 18.2 Å². The van der Waals surface area contributed by atoms with Crippen LogP contribution in [0.5, 0.6) is 0 Å². The average Bonchev–Trinajstić information content (AvgIpc) is 2.35. The van der Waals surface area contributed by atoms with Gasteiger partial charge in [0.15, 0.2) is 0 Å². The highest BCUT2D eigenvalue weighted by Gasteiger charge is 2.10. The molecule has 5 nitrogen and oxygen atoms in total. The second-order valence-corrected chi connectivity index (χ2v) is 4.15. The molecular formula is C13H22N4O. The zero-order valence-electron chi connectivity index (χ0n) is 11.1. The van der Waals surface area contributed by atoms with Crippen molar-refractivity contribution in [2.24, 2.45) is 5.73 Å². The number of primary amides is 1. The molecule has 100 valence electrons. The Hall–Kier alpha value is -1.78. The van der Waals surface area contributed by atoms with E-state index in [9.17, 15) is 4.79 Å². The highest BCUT2D eigenvalue weighted by atomic mass is 16.1. The molecule has 0 aliphatic carbocycles. The first-order valence-electron chi connectivity index (χ1n) is 6.41. The summed E-state index contributed by atoms with van der Waals surface area (Å²) in [6, 6.07) is 5.75. The van der Waals surface area contributed by atoms with Crippen molar-refractivity contribution in [2.75, 3.05) is 29.9 Å². The predicted molar refractivity (Wildman–Crippen MR) is 74.7 cm³/mol. The number of carbonyl (C=O) groups is 1. The van der Waals surface area contributed by atoms with E-state index in [-0.39, 0.29) is 12.5 Å². The normalized spacial score (nSPS) is 10.1. The monoisotopic (exact) mass is 250 g/mol. The first-order valence-corrected chi connectivity index (χ1v) is 6.41. The third-order valence-corrected chi connectivity index (χ3v) is 2.54. The Labute approximate surface area is 108 Å². The minimum atomic E-state index is -0.332. The van der Waals surface area contributed by atoms with Crippen molar-refractivity contribution in [1.29, 1.82) is 0 Å². The summed E-state index contributed by atoms with van der Waals surface area (Å²) in [5.74, 6) is 1.28. The van der Waals surface area contributed by atoms with Gasteiger partial charge in [-0.1, -0.05) is 19.4 Å². The number of anilines is 2. The van der Waals surface area contributed by atoms with E-state index in [0.29, 0.717) is 0 Å². The van der Waals surface area contributed by atoms with Gasteiger partial charge in [0, 0.05) is 13.1 Å². The first-order chi connectivity index (χ1) is 8.67. The SMILES string of the molecule is CCCCN(CC(N)=O)c1cccc(NCC)n1. The van der Waals surface area contributed by atoms with Gasteiger partial charge >= 0.3 is 0 Å². The lowest BCUT2D eigenvalue weighted by molar-refractivity contribution is -0.116. The molecule has 1 heterocycles. The summed E-state index contributed by atoms with van der Waals surface area (Å²) < 4.78 is 0. The highest BCUT2D eigenvalue weighted by Crippen LogP contribution is 2.14. The maximum atomic E-state index is 11.1. The molecular weight excluding hydrogens is 228 g/mol. The van der Waals surface area contributed by atoms with Gasteiger partial charge in [0.1, 0.15) is 11.6 Å². The first kappa shape index (κ1) is 14.3. The number of nitrogens with one attached hydrogen (secondary N) is 1. The summed E-state index contributed by atoms with van der Waals surface area (Å²) in [6.07, 6.45) is 2.09. The Morgan fingerprint density at radius 2 is 2.22 bits per heavy atom. The molecule has 0 spiro atoms. The predicted octanol–water partition coefficient (Wildman–Crippen LogP) is 1.61. The van der Waals surface area contributed by atoms with E-state index in [1.165, 1.54) is 0 Å². The fourth-order valence-electron chi connectivity index (χ4n) is 1.69. The smallest absolute Gasteiger partial charge is 0.236 e. The second-order valence-electron chi connectivity index (χ2n) is 4.15. The topological polar surface area (TPSA) is 71.2 Å². The van der Waals surface area contributed by atoms with Crippen LogP contribution in [0.1, 0.15) is 26.7 Å². The Bertz CT molecular complexity index is 381. The molecule has 0 unspecified atom stereocenters. The molecule has 0 bridgehead atoms. The fourth-order valence-corrected chi connectivity index (χ4v) is 1.69. The van der Waals surface area contributed by atoms with Crippen LogP contribution in [-0.4, -0.2) is 30.5 Å². The number of hydrogen-bond donors (Lipinski definition) is 2. The molecule has 1 aromatic heterocycles. The van der Waals surface area contributed by atoms with Crippen molar-refractivity contribution in [2.45, 2.75) is 26.7 Å². The zero-order chi connectivity index (χ0) is 13.4. The summed E-state index contributed by atoms with van der Waals surface area (Å²) >= 11 is 0. The lowest BCUT2D eigenvalue weighted by atomic mass is 10.3. The van der Waals surface area contributed by atoms with Crippen LogP contribution >= 0.6 is 0 Å². The van der Waals surface area contributed by atoms with Gasteiger partial charge in [0.05, 0.1) is 6.54 Å². The van der Waals surface area contributed by atoms with Crippen LogP contribution in [0, 0.1) is 0 Å². The van der Waals surface area contributed by atoms with E-state index in [1.54, 1.807) is 0 Å². The quantitative estimate of drug-likeness (QED) is 0.735. The maximum Gasteiger partial charge on any atom is 0.236 e. The molecule has 0 aromatic carbocycles. The van der Waals surface area contributed by atoms with E-state index in [1.807, 2.05) is 30.0 Å². The summed E-state index contributed by atoms with van der Waals surface area (Å²) in [5.41, 5.74) is 5.28. The van der Waals surface area contributed by atoms with E-state index in [2.05, 4.69) is 17.2 Å². The standard InChI is InChI=1S/C13H22N4O/c1-3-5-9-17(10-11(14)18)13-8-6-7-12(16-13)15-4-2/h6-8H,3-5,9-10H2,1-2H3,(H2,14,18)(H,15,16). The van der Waals surface area contributed by atoms with Crippen LogP contribution in [-0.2, 0) is 4.79 Å². The van der Waals surface area contributed by atoms with Gasteiger partial charge in [-0.25, -0.2) is 4.98 Å². The number of amides is 1. The number of unbranched alkanes of at least 4 members (excludes halogenated alkanes) is 1. The Morgan fingerprint density at radius 1 is 1.44 bits per heavy atom. The number of carbonyl (C=O) groups excluding carboxylic acids is 1. The zero-order valence-corrected chi connectivity index (χ0v) is 11.1. The molecule has 5 heteroatoms. The molecule has 18 heavy (non-hydrogen) atoms. The molecule has 0 radical (unpaired) electrons. The third kappa shape index (κ3) is 4.61. The molecule has 0 aliphatic rings.